The molecule has 0 atom stereocenters. The van der Waals surface area contributed by atoms with Gasteiger partial charge in [-0.25, -0.2) is 0 Å². The number of aliphatic hydroxyl groups is 1. The lowest BCUT2D eigenvalue weighted by Crippen LogP contribution is -2.06. The third-order valence-corrected chi connectivity index (χ3v) is 3.10. The fraction of sp³-hybridized carbons (Fsp3) is 0.167. The molecule has 1 aromatic rings. The van der Waals surface area contributed by atoms with Crippen LogP contribution < -0.4 is 0 Å². The molecule has 1 aliphatic rings. The molecule has 2 heteroatoms. The molecular formula is C18H18O2. The van der Waals surface area contributed by atoms with Crippen LogP contribution in [-0.2, 0) is 4.79 Å². The van der Waals surface area contributed by atoms with Gasteiger partial charge >= 0.3 is 0 Å². The SMILES string of the molecule is CCCC1=CC(=O)C(O)=CC1=CC=Cc1ccccc1. The predicted molar refractivity (Wildman–Crippen MR) is 82.3 cm³/mol. The van der Waals surface area contributed by atoms with E-state index in [1.54, 1.807) is 6.08 Å². The largest absolute Gasteiger partial charge is 0.504 e. The summed E-state index contributed by atoms with van der Waals surface area (Å²) in [5, 5.41) is 9.55. The minimum absolute atomic E-state index is 0.191. The minimum atomic E-state index is -0.308. The van der Waals surface area contributed by atoms with Crippen molar-refractivity contribution in [2.24, 2.45) is 0 Å². The second-order valence-electron chi connectivity index (χ2n) is 4.71. The molecular weight excluding hydrogens is 248 g/mol. The zero-order chi connectivity index (χ0) is 14.4. The number of carbonyl (C=O) groups is 1. The Morgan fingerprint density at radius 3 is 2.60 bits per heavy atom. The molecule has 0 fully saturated rings. The van der Waals surface area contributed by atoms with Gasteiger partial charge < -0.3 is 5.11 Å². The van der Waals surface area contributed by atoms with Crippen molar-refractivity contribution in [2.45, 2.75) is 19.8 Å². The summed E-state index contributed by atoms with van der Waals surface area (Å²) in [6, 6.07) is 10.00. The smallest absolute Gasteiger partial charge is 0.220 e. The highest BCUT2D eigenvalue weighted by atomic mass is 16.3. The van der Waals surface area contributed by atoms with E-state index < -0.39 is 0 Å². The van der Waals surface area contributed by atoms with Crippen molar-refractivity contribution in [1.82, 2.24) is 0 Å². The standard InChI is InChI=1S/C18H18O2/c1-2-7-15-12-17(19)18(20)13-16(15)11-6-10-14-8-4-3-5-9-14/h3-6,8-13,20H,2,7H2,1H3. The van der Waals surface area contributed by atoms with Crippen LogP contribution in [0.4, 0.5) is 0 Å². The molecule has 1 N–H and O–H groups in total. The van der Waals surface area contributed by atoms with Crippen LogP contribution in [0.5, 0.6) is 0 Å². The van der Waals surface area contributed by atoms with Gasteiger partial charge in [-0.3, -0.25) is 4.79 Å². The molecule has 102 valence electrons. The summed E-state index contributed by atoms with van der Waals surface area (Å²) in [5.41, 5.74) is 3.00. The van der Waals surface area contributed by atoms with Crippen molar-refractivity contribution in [3.8, 4) is 0 Å². The van der Waals surface area contributed by atoms with Gasteiger partial charge in [-0.1, -0.05) is 61.9 Å². The quantitative estimate of drug-likeness (QED) is 0.878. The van der Waals surface area contributed by atoms with Gasteiger partial charge in [0.2, 0.25) is 5.78 Å². The number of hydrogen-bond donors (Lipinski definition) is 1. The lowest BCUT2D eigenvalue weighted by Gasteiger charge is -2.12. The summed E-state index contributed by atoms with van der Waals surface area (Å²) >= 11 is 0. The summed E-state index contributed by atoms with van der Waals surface area (Å²) < 4.78 is 0. The maximum atomic E-state index is 11.5. The lowest BCUT2D eigenvalue weighted by molar-refractivity contribution is -0.113. The Kier molecular flexibility index (Phi) is 4.72. The molecule has 20 heavy (non-hydrogen) atoms. The Morgan fingerprint density at radius 1 is 1.15 bits per heavy atom. The normalized spacial score (nSPS) is 17.4. The molecule has 0 saturated heterocycles. The van der Waals surface area contributed by atoms with Gasteiger partial charge in [0.05, 0.1) is 0 Å². The van der Waals surface area contributed by atoms with E-state index in [1.165, 1.54) is 6.08 Å². The van der Waals surface area contributed by atoms with E-state index in [9.17, 15) is 9.90 Å². The van der Waals surface area contributed by atoms with Crippen LogP contribution in [0.1, 0.15) is 25.3 Å². The van der Waals surface area contributed by atoms with Gasteiger partial charge in [-0.05, 0) is 35.3 Å². The Bertz CT molecular complexity index is 602. The first-order valence-electron chi connectivity index (χ1n) is 6.80. The van der Waals surface area contributed by atoms with Gasteiger partial charge in [0.1, 0.15) is 0 Å². The van der Waals surface area contributed by atoms with E-state index >= 15 is 0 Å². The molecule has 0 spiro atoms. The number of rotatable bonds is 4. The number of ketones is 1. The van der Waals surface area contributed by atoms with Gasteiger partial charge in [0, 0.05) is 0 Å². The molecule has 0 heterocycles. The van der Waals surface area contributed by atoms with Crippen molar-refractivity contribution in [3.63, 3.8) is 0 Å². The first-order chi connectivity index (χ1) is 9.70. The second-order valence-corrected chi connectivity index (χ2v) is 4.71. The second kappa shape index (κ2) is 6.71. The Balaban J connectivity index is 2.20. The highest BCUT2D eigenvalue weighted by Crippen LogP contribution is 2.23. The van der Waals surface area contributed by atoms with Crippen molar-refractivity contribution in [3.05, 3.63) is 77.1 Å². The van der Waals surface area contributed by atoms with Crippen molar-refractivity contribution in [2.75, 3.05) is 0 Å². The van der Waals surface area contributed by atoms with Crippen LogP contribution in [0.3, 0.4) is 0 Å². The number of carbonyl (C=O) groups excluding carboxylic acids is 1. The van der Waals surface area contributed by atoms with Gasteiger partial charge in [-0.15, -0.1) is 0 Å². The maximum absolute atomic E-state index is 11.5. The highest BCUT2D eigenvalue weighted by Gasteiger charge is 2.15. The molecule has 0 aliphatic heterocycles. The van der Waals surface area contributed by atoms with Crippen LogP contribution in [0.2, 0.25) is 0 Å². The number of allylic oxidation sites excluding steroid dienone is 6. The molecule has 0 radical (unpaired) electrons. The molecule has 0 bridgehead atoms. The molecule has 0 unspecified atom stereocenters. The van der Waals surface area contributed by atoms with Crippen molar-refractivity contribution >= 4 is 11.9 Å². The van der Waals surface area contributed by atoms with E-state index in [-0.39, 0.29) is 11.5 Å². The van der Waals surface area contributed by atoms with Crippen LogP contribution in [0, 0.1) is 0 Å². The zero-order valence-electron chi connectivity index (χ0n) is 11.5. The Morgan fingerprint density at radius 2 is 1.90 bits per heavy atom. The van der Waals surface area contributed by atoms with Crippen LogP contribution in [-0.4, -0.2) is 10.9 Å². The molecule has 0 aromatic heterocycles. The summed E-state index contributed by atoms with van der Waals surface area (Å²) in [6.45, 7) is 2.07. The summed E-state index contributed by atoms with van der Waals surface area (Å²) in [4.78, 5) is 11.5. The maximum Gasteiger partial charge on any atom is 0.220 e. The van der Waals surface area contributed by atoms with E-state index in [1.807, 2.05) is 48.6 Å². The number of hydrogen-bond acceptors (Lipinski definition) is 2. The van der Waals surface area contributed by atoms with Crippen LogP contribution in [0.25, 0.3) is 6.08 Å². The fourth-order valence-electron chi connectivity index (χ4n) is 2.09. The molecule has 0 saturated carbocycles. The average Bonchev–Trinajstić information content (AvgIpc) is 2.45. The molecule has 2 rings (SSSR count). The monoisotopic (exact) mass is 266 g/mol. The summed E-state index contributed by atoms with van der Waals surface area (Å²) in [7, 11) is 0. The van der Waals surface area contributed by atoms with Crippen LogP contribution >= 0.6 is 0 Å². The lowest BCUT2D eigenvalue weighted by atomic mass is 9.94. The molecule has 0 amide bonds. The first-order valence-corrected chi connectivity index (χ1v) is 6.80. The first kappa shape index (κ1) is 14.1. The zero-order valence-corrected chi connectivity index (χ0v) is 11.5. The summed E-state index contributed by atoms with van der Waals surface area (Å²) in [5.74, 6) is -0.498. The predicted octanol–water partition coefficient (Wildman–Crippen LogP) is 4.38. The average molecular weight is 266 g/mol. The van der Waals surface area contributed by atoms with Crippen LogP contribution in [0.15, 0.2) is 71.5 Å². The van der Waals surface area contributed by atoms with E-state index in [4.69, 9.17) is 0 Å². The van der Waals surface area contributed by atoms with Gasteiger partial charge in [0.25, 0.3) is 0 Å². The minimum Gasteiger partial charge on any atom is -0.504 e. The Hall–Kier alpha value is -2.35. The third-order valence-electron chi connectivity index (χ3n) is 3.10. The highest BCUT2D eigenvalue weighted by molar-refractivity contribution is 6.05. The topological polar surface area (TPSA) is 37.3 Å². The van der Waals surface area contributed by atoms with Crippen molar-refractivity contribution < 1.29 is 9.90 Å². The van der Waals surface area contributed by atoms with Gasteiger partial charge in [0.15, 0.2) is 5.76 Å². The van der Waals surface area contributed by atoms with E-state index in [0.717, 1.165) is 29.6 Å². The Labute approximate surface area is 119 Å². The van der Waals surface area contributed by atoms with Crippen molar-refractivity contribution in [1.29, 1.82) is 0 Å². The summed E-state index contributed by atoms with van der Waals surface area (Å²) in [6.07, 6.45) is 10.7. The third kappa shape index (κ3) is 3.58. The molecule has 1 aromatic carbocycles. The van der Waals surface area contributed by atoms with E-state index in [0.29, 0.717) is 0 Å². The van der Waals surface area contributed by atoms with E-state index in [2.05, 4.69) is 6.92 Å². The molecule has 1 aliphatic carbocycles. The fourth-order valence-corrected chi connectivity index (χ4v) is 2.09. The number of benzene rings is 1. The van der Waals surface area contributed by atoms with Gasteiger partial charge in [-0.2, -0.15) is 0 Å². The number of aliphatic hydroxyl groups excluding tert-OH is 1. The molecule has 2 nitrogen and oxygen atoms in total.